The summed E-state index contributed by atoms with van der Waals surface area (Å²) >= 11 is 0. The van der Waals surface area contributed by atoms with E-state index in [0.717, 1.165) is 17.5 Å². The van der Waals surface area contributed by atoms with Gasteiger partial charge < -0.3 is 14.4 Å². The topological polar surface area (TPSA) is 55.8 Å². The second kappa shape index (κ2) is 8.54. The Labute approximate surface area is 159 Å². The largest absolute Gasteiger partial charge is 0.497 e. The third kappa shape index (κ3) is 4.76. The van der Waals surface area contributed by atoms with Crippen molar-refractivity contribution in [2.75, 3.05) is 13.7 Å². The van der Waals surface area contributed by atoms with Gasteiger partial charge in [0.2, 0.25) is 0 Å². The number of hydrogen-bond acceptors (Lipinski definition) is 4. The average Bonchev–Trinajstić information content (AvgIpc) is 2.71. The number of benzene rings is 2. The van der Waals surface area contributed by atoms with Crippen molar-refractivity contribution < 1.29 is 19.1 Å². The summed E-state index contributed by atoms with van der Waals surface area (Å²) in [5, 5.41) is 0. The molecular formula is C22H23NO4. The summed E-state index contributed by atoms with van der Waals surface area (Å²) in [4.78, 5) is 26.4. The number of fused-ring (bicyclic) bond motifs is 1. The first-order valence-corrected chi connectivity index (χ1v) is 8.95. The van der Waals surface area contributed by atoms with Gasteiger partial charge in [-0.25, -0.2) is 4.79 Å². The first kappa shape index (κ1) is 18.7. The molecule has 2 aromatic carbocycles. The predicted molar refractivity (Wildman–Crippen MR) is 103 cm³/mol. The van der Waals surface area contributed by atoms with E-state index in [1.54, 1.807) is 25.0 Å². The Morgan fingerprint density at radius 2 is 1.89 bits per heavy atom. The number of amides is 1. The molecule has 0 bridgehead atoms. The van der Waals surface area contributed by atoms with Crippen LogP contribution in [0.5, 0.6) is 5.75 Å². The van der Waals surface area contributed by atoms with Crippen LogP contribution in [-0.4, -0.2) is 36.5 Å². The van der Waals surface area contributed by atoms with E-state index in [4.69, 9.17) is 9.47 Å². The third-order valence-electron chi connectivity index (χ3n) is 4.59. The zero-order valence-corrected chi connectivity index (χ0v) is 15.6. The Morgan fingerprint density at radius 1 is 1.11 bits per heavy atom. The van der Waals surface area contributed by atoms with Crippen molar-refractivity contribution >= 4 is 18.0 Å². The molecule has 1 amide bonds. The molecule has 1 atom stereocenters. The van der Waals surface area contributed by atoms with Gasteiger partial charge in [-0.15, -0.1) is 0 Å². The molecule has 0 saturated heterocycles. The van der Waals surface area contributed by atoms with Crippen LogP contribution >= 0.6 is 0 Å². The Hall–Kier alpha value is -3.08. The second-order valence-electron chi connectivity index (χ2n) is 6.47. The highest BCUT2D eigenvalue weighted by molar-refractivity contribution is 5.90. The van der Waals surface area contributed by atoms with Crippen LogP contribution in [-0.2, 0) is 27.3 Å². The molecule has 1 heterocycles. The summed E-state index contributed by atoms with van der Waals surface area (Å²) in [5.74, 6) is -0.0110. The third-order valence-corrected chi connectivity index (χ3v) is 4.59. The first-order valence-electron chi connectivity index (χ1n) is 8.95. The molecule has 0 fully saturated rings. The normalized spacial score (nSPS) is 14.5. The molecule has 1 aliphatic heterocycles. The Morgan fingerprint density at radius 3 is 2.67 bits per heavy atom. The molecule has 0 unspecified atom stereocenters. The minimum Gasteiger partial charge on any atom is -0.497 e. The fraction of sp³-hybridized carbons (Fsp3) is 0.273. The molecule has 0 spiro atoms. The number of methoxy groups -OCH3 is 1. The first-order chi connectivity index (χ1) is 13.1. The van der Waals surface area contributed by atoms with Crippen LogP contribution in [0.4, 0.5) is 0 Å². The van der Waals surface area contributed by atoms with E-state index in [0.29, 0.717) is 18.8 Å². The fourth-order valence-electron chi connectivity index (χ4n) is 3.11. The van der Waals surface area contributed by atoms with Gasteiger partial charge in [0.25, 0.3) is 5.91 Å². The van der Waals surface area contributed by atoms with Gasteiger partial charge in [-0.05, 0) is 48.2 Å². The average molecular weight is 365 g/mol. The quantitative estimate of drug-likeness (QED) is 0.603. The van der Waals surface area contributed by atoms with Crippen LogP contribution in [0.1, 0.15) is 23.6 Å². The molecule has 2 aromatic rings. The van der Waals surface area contributed by atoms with Gasteiger partial charge in [-0.2, -0.15) is 0 Å². The Kier molecular flexibility index (Phi) is 5.91. The molecule has 0 N–H and O–H groups in total. The van der Waals surface area contributed by atoms with E-state index in [1.807, 2.05) is 42.5 Å². The van der Waals surface area contributed by atoms with E-state index in [-0.39, 0.29) is 5.91 Å². The van der Waals surface area contributed by atoms with Gasteiger partial charge in [0.1, 0.15) is 5.75 Å². The summed E-state index contributed by atoms with van der Waals surface area (Å²) in [5.41, 5.74) is 3.24. The van der Waals surface area contributed by atoms with Crippen molar-refractivity contribution in [1.29, 1.82) is 0 Å². The smallest absolute Gasteiger partial charge is 0.331 e. The van der Waals surface area contributed by atoms with Gasteiger partial charge in [0.05, 0.1) is 7.11 Å². The van der Waals surface area contributed by atoms with Crippen LogP contribution in [0, 0.1) is 0 Å². The monoisotopic (exact) mass is 365 g/mol. The minimum atomic E-state index is -0.822. The van der Waals surface area contributed by atoms with Gasteiger partial charge >= 0.3 is 5.97 Å². The van der Waals surface area contributed by atoms with Crippen molar-refractivity contribution in [1.82, 2.24) is 4.90 Å². The van der Waals surface area contributed by atoms with Gasteiger partial charge in [-0.3, -0.25) is 4.79 Å². The fourth-order valence-corrected chi connectivity index (χ4v) is 3.11. The van der Waals surface area contributed by atoms with Crippen LogP contribution in [0.2, 0.25) is 0 Å². The molecule has 0 radical (unpaired) electrons. The predicted octanol–water partition coefficient (Wildman–Crippen LogP) is 3.23. The highest BCUT2D eigenvalue weighted by atomic mass is 16.5. The van der Waals surface area contributed by atoms with Crippen molar-refractivity contribution in [2.45, 2.75) is 26.0 Å². The second-order valence-corrected chi connectivity index (χ2v) is 6.47. The molecule has 1 aliphatic rings. The maximum atomic E-state index is 12.6. The molecule has 27 heavy (non-hydrogen) atoms. The Balaban J connectivity index is 1.56. The van der Waals surface area contributed by atoms with E-state index in [9.17, 15) is 9.59 Å². The minimum absolute atomic E-state index is 0.173. The molecule has 0 saturated carbocycles. The maximum absolute atomic E-state index is 12.6. The molecule has 5 nitrogen and oxygen atoms in total. The molecule has 0 aromatic heterocycles. The molecular weight excluding hydrogens is 342 g/mol. The Bertz CT molecular complexity index is 859. The lowest BCUT2D eigenvalue weighted by molar-refractivity contribution is -0.155. The number of carbonyl (C=O) groups excluding carboxylic acids is 2. The zero-order valence-electron chi connectivity index (χ0n) is 15.6. The standard InChI is InChI=1S/C22H23NO4/c1-16(22(25)23-13-12-18-7-3-4-8-19(18)15-23)27-21(24)11-10-17-6-5-9-20(14-17)26-2/h3-11,14,16H,12-13,15H2,1-2H3/b11-10+/t16-/m0/s1. The number of carbonyl (C=O) groups is 2. The van der Waals surface area contributed by atoms with Crippen LogP contribution in [0.25, 0.3) is 6.08 Å². The summed E-state index contributed by atoms with van der Waals surface area (Å²) < 4.78 is 10.4. The molecule has 5 heteroatoms. The SMILES string of the molecule is COc1cccc(/C=C/C(=O)O[C@@H](C)C(=O)N2CCc3ccccc3C2)c1. The van der Waals surface area contributed by atoms with E-state index >= 15 is 0 Å². The number of ether oxygens (including phenoxy) is 2. The number of nitrogens with zero attached hydrogens (tertiary/aromatic N) is 1. The highest BCUT2D eigenvalue weighted by Crippen LogP contribution is 2.19. The van der Waals surface area contributed by atoms with E-state index in [2.05, 4.69) is 6.07 Å². The molecule has 0 aliphatic carbocycles. The number of esters is 1. The lowest BCUT2D eigenvalue weighted by atomic mass is 9.99. The summed E-state index contributed by atoms with van der Waals surface area (Å²) in [6, 6.07) is 15.4. The van der Waals surface area contributed by atoms with Crippen LogP contribution in [0.3, 0.4) is 0 Å². The highest BCUT2D eigenvalue weighted by Gasteiger charge is 2.26. The summed E-state index contributed by atoms with van der Waals surface area (Å²) in [7, 11) is 1.59. The van der Waals surface area contributed by atoms with Gasteiger partial charge in [0.15, 0.2) is 6.10 Å². The molecule has 3 rings (SSSR count). The van der Waals surface area contributed by atoms with Gasteiger partial charge in [0, 0.05) is 19.2 Å². The van der Waals surface area contributed by atoms with E-state index in [1.165, 1.54) is 11.6 Å². The maximum Gasteiger partial charge on any atom is 0.331 e. The van der Waals surface area contributed by atoms with Crippen molar-refractivity contribution in [3.63, 3.8) is 0 Å². The van der Waals surface area contributed by atoms with Crippen LogP contribution < -0.4 is 4.74 Å². The lowest BCUT2D eigenvalue weighted by Crippen LogP contribution is -2.42. The summed E-state index contributed by atoms with van der Waals surface area (Å²) in [6.45, 7) is 2.80. The van der Waals surface area contributed by atoms with Crippen molar-refractivity contribution in [3.05, 3.63) is 71.3 Å². The lowest BCUT2D eigenvalue weighted by Gasteiger charge is -2.30. The number of hydrogen-bond donors (Lipinski definition) is 0. The van der Waals surface area contributed by atoms with Gasteiger partial charge in [-0.1, -0.05) is 36.4 Å². The molecule has 140 valence electrons. The number of rotatable bonds is 5. The van der Waals surface area contributed by atoms with Crippen molar-refractivity contribution in [3.8, 4) is 5.75 Å². The zero-order chi connectivity index (χ0) is 19.2. The van der Waals surface area contributed by atoms with Crippen LogP contribution in [0.15, 0.2) is 54.6 Å². The summed E-state index contributed by atoms with van der Waals surface area (Å²) in [6.07, 6.45) is 2.96. The van der Waals surface area contributed by atoms with E-state index < -0.39 is 12.1 Å². The van der Waals surface area contributed by atoms with Crippen molar-refractivity contribution in [2.24, 2.45) is 0 Å².